The second-order valence-corrected chi connectivity index (χ2v) is 5.02. The van der Waals surface area contributed by atoms with E-state index in [0.29, 0.717) is 16.9 Å². The minimum Gasteiger partial charge on any atom is -0.504 e. The number of aromatic hydroxyl groups is 1. The number of carbonyl (C=O) groups excluding carboxylic acids is 1. The molecule has 0 aromatic heterocycles. The van der Waals surface area contributed by atoms with Crippen molar-refractivity contribution in [1.82, 2.24) is 5.43 Å². The maximum atomic E-state index is 11.9. The van der Waals surface area contributed by atoms with Crippen molar-refractivity contribution in [1.29, 1.82) is 0 Å². The topological polar surface area (TPSA) is 70.9 Å². The quantitative estimate of drug-likeness (QED) is 0.659. The summed E-state index contributed by atoms with van der Waals surface area (Å²) < 4.78 is 5.80. The van der Waals surface area contributed by atoms with E-state index in [0.717, 1.165) is 4.47 Å². The van der Waals surface area contributed by atoms with Crippen LogP contribution in [0.2, 0.25) is 0 Å². The molecule has 0 aliphatic rings. The van der Waals surface area contributed by atoms with Crippen LogP contribution >= 0.6 is 15.9 Å². The number of phenols is 1. The van der Waals surface area contributed by atoms with E-state index in [1.807, 2.05) is 6.07 Å². The molecule has 21 heavy (non-hydrogen) atoms. The largest absolute Gasteiger partial charge is 0.504 e. The molecule has 0 atom stereocenters. The number of para-hydroxylation sites is 1. The van der Waals surface area contributed by atoms with Crippen LogP contribution in [0.5, 0.6) is 11.5 Å². The fourth-order valence-corrected chi connectivity index (χ4v) is 2.06. The van der Waals surface area contributed by atoms with Crippen molar-refractivity contribution in [2.45, 2.75) is 0 Å². The lowest BCUT2D eigenvalue weighted by atomic mass is 10.2. The fourth-order valence-electron chi connectivity index (χ4n) is 1.66. The maximum absolute atomic E-state index is 11.9. The minimum atomic E-state index is -0.338. The number of phenolic OH excluding ortho intramolecular Hbond substituents is 1. The van der Waals surface area contributed by atoms with Crippen molar-refractivity contribution in [3.63, 3.8) is 0 Å². The van der Waals surface area contributed by atoms with E-state index >= 15 is 0 Å². The Balaban J connectivity index is 2.07. The molecule has 0 aliphatic heterocycles. The van der Waals surface area contributed by atoms with Gasteiger partial charge < -0.3 is 9.84 Å². The monoisotopic (exact) mass is 348 g/mol. The third-order valence-electron chi connectivity index (χ3n) is 2.71. The zero-order valence-corrected chi connectivity index (χ0v) is 12.8. The van der Waals surface area contributed by atoms with Crippen molar-refractivity contribution in [3.8, 4) is 11.5 Å². The van der Waals surface area contributed by atoms with Crippen LogP contribution < -0.4 is 10.2 Å². The Kier molecular flexibility index (Phi) is 4.94. The van der Waals surface area contributed by atoms with E-state index in [9.17, 15) is 9.90 Å². The van der Waals surface area contributed by atoms with Crippen LogP contribution in [0.25, 0.3) is 0 Å². The van der Waals surface area contributed by atoms with Crippen molar-refractivity contribution >= 4 is 28.1 Å². The number of hydrazone groups is 1. The molecule has 1 amide bonds. The van der Waals surface area contributed by atoms with Gasteiger partial charge in [-0.05, 0) is 30.3 Å². The van der Waals surface area contributed by atoms with Gasteiger partial charge in [0.25, 0.3) is 5.91 Å². The molecule has 2 aromatic rings. The Morgan fingerprint density at radius 1 is 1.33 bits per heavy atom. The van der Waals surface area contributed by atoms with Crippen molar-refractivity contribution in [3.05, 3.63) is 58.1 Å². The molecule has 0 spiro atoms. The number of rotatable bonds is 4. The smallest absolute Gasteiger partial charge is 0.271 e. The van der Waals surface area contributed by atoms with E-state index in [2.05, 4.69) is 26.5 Å². The van der Waals surface area contributed by atoms with Gasteiger partial charge in [0.1, 0.15) is 0 Å². The Labute approximate surface area is 130 Å². The van der Waals surface area contributed by atoms with E-state index in [-0.39, 0.29) is 11.7 Å². The molecular formula is C15H13BrN2O3. The Hall–Kier alpha value is -2.34. The van der Waals surface area contributed by atoms with Gasteiger partial charge in [0.15, 0.2) is 11.5 Å². The van der Waals surface area contributed by atoms with E-state index in [1.54, 1.807) is 36.4 Å². The summed E-state index contributed by atoms with van der Waals surface area (Å²) in [5.41, 5.74) is 3.33. The van der Waals surface area contributed by atoms with Crippen molar-refractivity contribution in [2.24, 2.45) is 5.10 Å². The molecule has 2 rings (SSSR count). The average Bonchev–Trinajstić information content (AvgIpc) is 2.49. The molecule has 0 unspecified atom stereocenters. The van der Waals surface area contributed by atoms with Crippen LogP contribution in [0.15, 0.2) is 52.0 Å². The SMILES string of the molecule is COc1cccc(/C=N/NC(=O)c2cccc(Br)c2)c1O. The van der Waals surface area contributed by atoms with Gasteiger partial charge in [0.05, 0.1) is 13.3 Å². The molecule has 0 aliphatic carbocycles. The summed E-state index contributed by atoms with van der Waals surface area (Å²) in [4.78, 5) is 11.9. The highest BCUT2D eigenvalue weighted by molar-refractivity contribution is 9.10. The summed E-state index contributed by atoms with van der Waals surface area (Å²) in [6.07, 6.45) is 1.35. The first-order valence-electron chi connectivity index (χ1n) is 6.06. The summed E-state index contributed by atoms with van der Waals surface area (Å²) in [5.74, 6) is -0.0207. The number of ether oxygens (including phenoxy) is 1. The molecule has 0 bridgehead atoms. The van der Waals surface area contributed by atoms with Crippen LogP contribution in [-0.4, -0.2) is 24.3 Å². The first kappa shape index (κ1) is 15.1. The molecule has 0 fully saturated rings. The zero-order chi connectivity index (χ0) is 15.2. The molecule has 0 saturated carbocycles. The number of amides is 1. The lowest BCUT2D eigenvalue weighted by Crippen LogP contribution is -2.17. The van der Waals surface area contributed by atoms with Gasteiger partial charge in [-0.1, -0.05) is 28.1 Å². The number of carbonyl (C=O) groups is 1. The summed E-state index contributed by atoms with van der Waals surface area (Å²) in [5, 5.41) is 13.7. The summed E-state index contributed by atoms with van der Waals surface area (Å²) in [7, 11) is 1.46. The van der Waals surface area contributed by atoms with Crippen LogP contribution in [0.1, 0.15) is 15.9 Å². The average molecular weight is 349 g/mol. The normalized spacial score (nSPS) is 10.6. The van der Waals surface area contributed by atoms with Gasteiger partial charge in [-0.3, -0.25) is 4.79 Å². The third kappa shape index (κ3) is 3.82. The van der Waals surface area contributed by atoms with Gasteiger partial charge in [0.2, 0.25) is 0 Å². The number of nitrogens with zero attached hydrogens (tertiary/aromatic N) is 1. The van der Waals surface area contributed by atoms with Crippen molar-refractivity contribution in [2.75, 3.05) is 7.11 Å². The molecule has 0 heterocycles. The molecule has 0 saturated heterocycles. The Bertz CT molecular complexity index is 686. The summed E-state index contributed by atoms with van der Waals surface area (Å²) in [6.45, 7) is 0. The second-order valence-electron chi connectivity index (χ2n) is 4.11. The van der Waals surface area contributed by atoms with Crippen molar-refractivity contribution < 1.29 is 14.6 Å². The Morgan fingerprint density at radius 3 is 2.81 bits per heavy atom. The number of benzene rings is 2. The molecular weight excluding hydrogens is 336 g/mol. The molecule has 6 heteroatoms. The molecule has 108 valence electrons. The minimum absolute atomic E-state index is 0.0274. The lowest BCUT2D eigenvalue weighted by Gasteiger charge is -2.05. The highest BCUT2D eigenvalue weighted by Gasteiger charge is 2.06. The summed E-state index contributed by atoms with van der Waals surface area (Å²) in [6, 6.07) is 12.0. The number of hydrogen-bond acceptors (Lipinski definition) is 4. The third-order valence-corrected chi connectivity index (χ3v) is 3.20. The standard InChI is InChI=1S/C15H13BrN2O3/c1-21-13-7-3-5-11(14(13)19)9-17-18-15(20)10-4-2-6-12(16)8-10/h2-9,19H,1H3,(H,18,20)/b17-9+. The predicted molar refractivity (Wildman–Crippen MR) is 83.9 cm³/mol. The Morgan fingerprint density at radius 2 is 2.10 bits per heavy atom. The van der Waals surface area contributed by atoms with Gasteiger partial charge in [-0.25, -0.2) is 5.43 Å². The number of hydrogen-bond donors (Lipinski definition) is 2. The highest BCUT2D eigenvalue weighted by atomic mass is 79.9. The first-order chi connectivity index (χ1) is 10.1. The molecule has 0 radical (unpaired) electrons. The van der Waals surface area contributed by atoms with Crippen LogP contribution in [-0.2, 0) is 0 Å². The van der Waals surface area contributed by atoms with Gasteiger partial charge in [0, 0.05) is 15.6 Å². The van der Waals surface area contributed by atoms with Crippen LogP contribution in [0.3, 0.4) is 0 Å². The van der Waals surface area contributed by atoms with E-state index in [1.165, 1.54) is 13.3 Å². The zero-order valence-electron chi connectivity index (χ0n) is 11.2. The number of halogens is 1. The molecule has 2 aromatic carbocycles. The molecule has 5 nitrogen and oxygen atoms in total. The first-order valence-corrected chi connectivity index (χ1v) is 6.86. The predicted octanol–water partition coefficient (Wildman–Crippen LogP) is 2.93. The van der Waals surface area contributed by atoms with Gasteiger partial charge >= 0.3 is 0 Å². The number of nitrogens with one attached hydrogen (secondary N) is 1. The second kappa shape index (κ2) is 6.90. The van der Waals surface area contributed by atoms with Gasteiger partial charge in [-0.2, -0.15) is 5.10 Å². The molecule has 2 N–H and O–H groups in total. The van der Waals surface area contributed by atoms with E-state index < -0.39 is 0 Å². The fraction of sp³-hybridized carbons (Fsp3) is 0.0667. The maximum Gasteiger partial charge on any atom is 0.271 e. The van der Waals surface area contributed by atoms with Crippen LogP contribution in [0, 0.1) is 0 Å². The number of methoxy groups -OCH3 is 1. The summed E-state index contributed by atoms with van der Waals surface area (Å²) >= 11 is 3.30. The van der Waals surface area contributed by atoms with Crippen LogP contribution in [0.4, 0.5) is 0 Å². The lowest BCUT2D eigenvalue weighted by molar-refractivity contribution is 0.0955. The highest BCUT2D eigenvalue weighted by Crippen LogP contribution is 2.27. The van der Waals surface area contributed by atoms with Gasteiger partial charge in [-0.15, -0.1) is 0 Å². The van der Waals surface area contributed by atoms with E-state index in [4.69, 9.17) is 4.74 Å².